The molecular formula is C16H26N3O7PS. The zero-order valence-corrected chi connectivity index (χ0v) is 17.6. The lowest BCUT2D eigenvalue weighted by atomic mass is 10.0. The van der Waals surface area contributed by atoms with E-state index in [0.717, 1.165) is 6.26 Å². The Labute approximate surface area is 164 Å². The van der Waals surface area contributed by atoms with E-state index in [1.807, 2.05) is 13.8 Å². The summed E-state index contributed by atoms with van der Waals surface area (Å²) in [5.41, 5.74) is 0.343. The van der Waals surface area contributed by atoms with Crippen LogP contribution in [0, 0.1) is 5.92 Å². The number of carbonyl (C=O) groups excluding carboxylic acids is 2. The van der Waals surface area contributed by atoms with Crippen LogP contribution in [0.2, 0.25) is 0 Å². The van der Waals surface area contributed by atoms with Crippen LogP contribution in [0.25, 0.3) is 0 Å². The summed E-state index contributed by atoms with van der Waals surface area (Å²) in [6, 6.07) is 3.99. The molecule has 1 aromatic carbocycles. The normalized spacial score (nSPS) is 13.1. The third-order valence-corrected chi connectivity index (χ3v) is 5.51. The number of hydrogen-bond acceptors (Lipinski definition) is 5. The van der Waals surface area contributed by atoms with Crippen molar-refractivity contribution in [3.63, 3.8) is 0 Å². The first-order valence-electron chi connectivity index (χ1n) is 8.48. The molecule has 10 nitrogen and oxygen atoms in total. The topological polar surface area (TPSA) is 162 Å². The predicted octanol–water partition coefficient (Wildman–Crippen LogP) is 0.920. The average molecular weight is 435 g/mol. The highest BCUT2D eigenvalue weighted by atomic mass is 32.2. The fraction of sp³-hybridized carbons (Fsp3) is 0.500. The molecule has 3 amide bonds. The van der Waals surface area contributed by atoms with Gasteiger partial charge in [0.15, 0.2) is 9.84 Å². The Hall–Kier alpha value is -1.94. The van der Waals surface area contributed by atoms with Gasteiger partial charge in [-0.2, -0.15) is 0 Å². The Morgan fingerprint density at radius 1 is 1.14 bits per heavy atom. The van der Waals surface area contributed by atoms with Gasteiger partial charge < -0.3 is 25.7 Å². The van der Waals surface area contributed by atoms with E-state index in [-0.39, 0.29) is 17.4 Å². The second-order valence-electron chi connectivity index (χ2n) is 6.76. The molecule has 5 N–H and O–H groups in total. The van der Waals surface area contributed by atoms with Gasteiger partial charge >= 0.3 is 13.6 Å². The number of benzene rings is 1. The zero-order valence-electron chi connectivity index (χ0n) is 15.9. The summed E-state index contributed by atoms with van der Waals surface area (Å²) in [5.74, 6) is -0.475. The molecular weight excluding hydrogens is 409 g/mol. The molecule has 0 spiro atoms. The molecule has 0 aliphatic carbocycles. The molecule has 28 heavy (non-hydrogen) atoms. The minimum Gasteiger partial charge on any atom is -0.354 e. The fourth-order valence-corrected chi connectivity index (χ4v) is 3.30. The largest absolute Gasteiger partial charge is 0.354 e. The Morgan fingerprint density at radius 2 is 1.71 bits per heavy atom. The second-order valence-corrected chi connectivity index (χ2v) is 10.5. The maximum absolute atomic E-state index is 12.2. The van der Waals surface area contributed by atoms with Crippen molar-refractivity contribution >= 4 is 35.1 Å². The third kappa shape index (κ3) is 9.32. The van der Waals surface area contributed by atoms with E-state index in [1.165, 1.54) is 24.3 Å². The quantitative estimate of drug-likeness (QED) is 0.360. The van der Waals surface area contributed by atoms with Gasteiger partial charge in [0.25, 0.3) is 0 Å². The first kappa shape index (κ1) is 24.1. The van der Waals surface area contributed by atoms with Gasteiger partial charge in [-0.05, 0) is 36.6 Å². The molecule has 0 fully saturated rings. The van der Waals surface area contributed by atoms with E-state index in [0.29, 0.717) is 12.1 Å². The molecule has 0 radical (unpaired) electrons. The van der Waals surface area contributed by atoms with Gasteiger partial charge in [0.05, 0.1) is 11.1 Å². The van der Waals surface area contributed by atoms with Gasteiger partial charge in [-0.3, -0.25) is 9.36 Å². The predicted molar refractivity (Wildman–Crippen MR) is 105 cm³/mol. The van der Waals surface area contributed by atoms with Crippen LogP contribution in [0.15, 0.2) is 29.2 Å². The molecule has 1 unspecified atom stereocenters. The average Bonchev–Trinajstić information content (AvgIpc) is 2.52. The number of nitrogens with one attached hydrogen (secondary N) is 3. The Balaban J connectivity index is 2.70. The molecule has 12 heteroatoms. The Morgan fingerprint density at radius 3 is 2.18 bits per heavy atom. The van der Waals surface area contributed by atoms with Gasteiger partial charge in [-0.25, -0.2) is 13.2 Å². The number of anilines is 1. The van der Waals surface area contributed by atoms with Gasteiger partial charge in [0.2, 0.25) is 5.91 Å². The molecule has 0 heterocycles. The Bertz CT molecular complexity index is 834. The zero-order chi connectivity index (χ0) is 21.5. The molecule has 1 rings (SSSR count). The van der Waals surface area contributed by atoms with Crippen LogP contribution in [-0.2, 0) is 19.2 Å². The highest BCUT2D eigenvalue weighted by Crippen LogP contribution is 2.32. The maximum Gasteiger partial charge on any atom is 0.327 e. The van der Waals surface area contributed by atoms with Crippen LogP contribution in [0.3, 0.4) is 0 Å². The first-order valence-corrected chi connectivity index (χ1v) is 12.2. The van der Waals surface area contributed by atoms with Gasteiger partial charge in [-0.15, -0.1) is 0 Å². The van der Waals surface area contributed by atoms with Crippen molar-refractivity contribution < 1.29 is 32.4 Å². The molecule has 0 saturated heterocycles. The lowest BCUT2D eigenvalue weighted by molar-refractivity contribution is -0.123. The minimum absolute atomic E-state index is 0.0758. The van der Waals surface area contributed by atoms with Crippen LogP contribution in [-0.4, -0.2) is 55.1 Å². The minimum atomic E-state index is -4.23. The summed E-state index contributed by atoms with van der Waals surface area (Å²) < 4.78 is 33.7. The summed E-state index contributed by atoms with van der Waals surface area (Å²) in [6.07, 6.45) is 0.901. The molecule has 0 aliphatic rings. The molecule has 158 valence electrons. The summed E-state index contributed by atoms with van der Waals surface area (Å²) in [5, 5.41) is 7.42. The highest BCUT2D eigenvalue weighted by Gasteiger charge is 2.23. The van der Waals surface area contributed by atoms with E-state index in [2.05, 4.69) is 16.0 Å². The number of urea groups is 1. The first-order chi connectivity index (χ1) is 12.8. The van der Waals surface area contributed by atoms with Crippen LogP contribution in [0.5, 0.6) is 0 Å². The van der Waals surface area contributed by atoms with Gasteiger partial charge in [0, 0.05) is 18.5 Å². The highest BCUT2D eigenvalue weighted by molar-refractivity contribution is 7.90. The molecule has 0 bridgehead atoms. The van der Waals surface area contributed by atoms with Crippen molar-refractivity contribution in [2.24, 2.45) is 5.92 Å². The van der Waals surface area contributed by atoms with Crippen LogP contribution < -0.4 is 16.0 Å². The third-order valence-electron chi connectivity index (χ3n) is 3.57. The van der Waals surface area contributed by atoms with Gasteiger partial charge in [0.1, 0.15) is 6.04 Å². The Kier molecular flexibility index (Phi) is 8.62. The fourth-order valence-electron chi connectivity index (χ4n) is 2.26. The van der Waals surface area contributed by atoms with Crippen molar-refractivity contribution in [1.82, 2.24) is 10.6 Å². The van der Waals surface area contributed by atoms with Crippen molar-refractivity contribution in [2.45, 2.75) is 31.2 Å². The van der Waals surface area contributed by atoms with E-state index >= 15 is 0 Å². The lowest BCUT2D eigenvalue weighted by Crippen LogP contribution is -2.49. The molecule has 1 aromatic rings. The number of hydrogen-bond donors (Lipinski definition) is 5. The van der Waals surface area contributed by atoms with Crippen LogP contribution in [0.1, 0.15) is 20.3 Å². The summed E-state index contributed by atoms with van der Waals surface area (Å²) >= 11 is 0. The van der Waals surface area contributed by atoms with E-state index in [4.69, 9.17) is 9.79 Å². The van der Waals surface area contributed by atoms with Crippen LogP contribution >= 0.6 is 7.60 Å². The van der Waals surface area contributed by atoms with Crippen molar-refractivity contribution in [2.75, 3.05) is 24.3 Å². The standard InChI is InChI=1S/C16H26N3O7PS/c1-11(2)10-14(15(20)17-8-9-27(22,23)24)19-16(21)18-12-4-6-13(7-5-12)28(3,25)26/h4-7,11,14H,8-10H2,1-3H3,(H,17,20)(H2,18,19,21)(H2,22,23,24). The molecule has 0 aliphatic heterocycles. The van der Waals surface area contributed by atoms with E-state index in [9.17, 15) is 22.6 Å². The van der Waals surface area contributed by atoms with Crippen molar-refractivity contribution in [3.05, 3.63) is 24.3 Å². The number of rotatable bonds is 9. The summed E-state index contributed by atoms with van der Waals surface area (Å²) in [4.78, 5) is 42.2. The maximum atomic E-state index is 12.2. The SMILES string of the molecule is CC(C)CC(NC(=O)Nc1ccc(S(C)(=O)=O)cc1)C(=O)NCCP(=O)(O)O. The summed E-state index contributed by atoms with van der Waals surface area (Å²) in [6.45, 7) is 3.51. The number of carbonyl (C=O) groups is 2. The molecule has 0 saturated carbocycles. The van der Waals surface area contributed by atoms with E-state index < -0.39 is 41.6 Å². The smallest absolute Gasteiger partial charge is 0.327 e. The number of sulfone groups is 1. The van der Waals surface area contributed by atoms with Gasteiger partial charge in [-0.1, -0.05) is 13.8 Å². The number of amides is 3. The summed E-state index contributed by atoms with van der Waals surface area (Å²) in [7, 11) is -7.57. The van der Waals surface area contributed by atoms with Crippen molar-refractivity contribution in [1.29, 1.82) is 0 Å². The molecule has 1 atom stereocenters. The molecule has 0 aromatic heterocycles. The lowest BCUT2D eigenvalue weighted by Gasteiger charge is -2.20. The van der Waals surface area contributed by atoms with Crippen LogP contribution in [0.4, 0.5) is 10.5 Å². The monoisotopic (exact) mass is 435 g/mol. The van der Waals surface area contributed by atoms with Crippen molar-refractivity contribution in [3.8, 4) is 0 Å². The van der Waals surface area contributed by atoms with E-state index in [1.54, 1.807) is 0 Å². The second kappa shape index (κ2) is 10.0.